The largest absolute Gasteiger partial charge is 0.375 e. The van der Waals surface area contributed by atoms with E-state index >= 15 is 0 Å². The fraction of sp³-hybridized carbons (Fsp3) is 0.458. The monoisotopic (exact) mass is 467 g/mol. The van der Waals surface area contributed by atoms with Gasteiger partial charge in [-0.2, -0.15) is 0 Å². The maximum absolute atomic E-state index is 12.4. The van der Waals surface area contributed by atoms with E-state index in [0.29, 0.717) is 25.5 Å². The van der Waals surface area contributed by atoms with Crippen molar-refractivity contribution < 1.29 is 9.53 Å². The standard InChI is InChI=1S/C24H33N3O2.2ClH/c1-18(2)20-8-10-21(11-9-20)23(25)15-26-24(28)14-22-17-27(12-13-29-22)16-19-6-4-3-5-7-19;;/h3-11,18,22-23H,12-17,25H2,1-2H3,(H,26,28);2*1H. The van der Waals surface area contributed by atoms with Gasteiger partial charge in [0.2, 0.25) is 5.91 Å². The number of hydrogen-bond donors (Lipinski definition) is 2. The molecule has 2 unspecified atom stereocenters. The summed E-state index contributed by atoms with van der Waals surface area (Å²) in [7, 11) is 0. The minimum Gasteiger partial charge on any atom is -0.375 e. The molecule has 5 nitrogen and oxygen atoms in total. The Balaban J connectivity index is 0.00000240. The molecule has 1 fully saturated rings. The molecule has 1 heterocycles. The molecule has 1 aliphatic rings. The van der Waals surface area contributed by atoms with Gasteiger partial charge in [0, 0.05) is 32.2 Å². The molecule has 0 spiro atoms. The normalized spacial score (nSPS) is 17.4. The molecule has 0 radical (unpaired) electrons. The van der Waals surface area contributed by atoms with Crippen LogP contribution in [-0.4, -0.2) is 43.2 Å². The topological polar surface area (TPSA) is 67.6 Å². The summed E-state index contributed by atoms with van der Waals surface area (Å²) in [5, 5.41) is 2.97. The molecule has 0 aliphatic carbocycles. The van der Waals surface area contributed by atoms with E-state index in [1.165, 1.54) is 11.1 Å². The molecule has 1 aliphatic heterocycles. The zero-order valence-electron chi connectivity index (χ0n) is 18.3. The Labute approximate surface area is 198 Å². The van der Waals surface area contributed by atoms with Gasteiger partial charge in [0.05, 0.1) is 19.1 Å². The lowest BCUT2D eigenvalue weighted by atomic mass is 9.99. The van der Waals surface area contributed by atoms with Gasteiger partial charge in [0.15, 0.2) is 0 Å². The van der Waals surface area contributed by atoms with Crippen LogP contribution in [0, 0.1) is 0 Å². The molecule has 0 aromatic heterocycles. The lowest BCUT2D eigenvalue weighted by Crippen LogP contribution is -2.44. The van der Waals surface area contributed by atoms with Gasteiger partial charge in [-0.25, -0.2) is 0 Å². The summed E-state index contributed by atoms with van der Waals surface area (Å²) in [5.41, 5.74) is 9.87. The minimum absolute atomic E-state index is 0. The van der Waals surface area contributed by atoms with Crippen molar-refractivity contribution in [1.82, 2.24) is 10.2 Å². The molecule has 0 saturated carbocycles. The summed E-state index contributed by atoms with van der Waals surface area (Å²) in [6.45, 7) is 7.98. The van der Waals surface area contributed by atoms with E-state index in [9.17, 15) is 4.79 Å². The molecule has 0 bridgehead atoms. The molecule has 3 rings (SSSR count). The van der Waals surface area contributed by atoms with Crippen molar-refractivity contribution in [2.75, 3.05) is 26.2 Å². The molecule has 2 aromatic rings. The van der Waals surface area contributed by atoms with Crippen molar-refractivity contribution in [3.05, 3.63) is 71.3 Å². The van der Waals surface area contributed by atoms with Gasteiger partial charge in [-0.15, -0.1) is 24.8 Å². The zero-order valence-corrected chi connectivity index (χ0v) is 20.0. The van der Waals surface area contributed by atoms with Crippen molar-refractivity contribution in [1.29, 1.82) is 0 Å². The molecule has 2 aromatic carbocycles. The summed E-state index contributed by atoms with van der Waals surface area (Å²) < 4.78 is 5.81. The Kier molecular flexibility index (Phi) is 12.1. The fourth-order valence-electron chi connectivity index (χ4n) is 3.64. The van der Waals surface area contributed by atoms with E-state index in [2.05, 4.69) is 72.6 Å². The fourth-order valence-corrected chi connectivity index (χ4v) is 3.64. The predicted molar refractivity (Wildman–Crippen MR) is 131 cm³/mol. The summed E-state index contributed by atoms with van der Waals surface area (Å²) in [5.74, 6) is 0.489. The molecule has 3 N–H and O–H groups in total. The van der Waals surface area contributed by atoms with Crippen LogP contribution in [0.2, 0.25) is 0 Å². The highest BCUT2D eigenvalue weighted by Gasteiger charge is 2.23. The van der Waals surface area contributed by atoms with Crippen molar-refractivity contribution in [3.8, 4) is 0 Å². The van der Waals surface area contributed by atoms with E-state index in [1.54, 1.807) is 0 Å². The van der Waals surface area contributed by atoms with Gasteiger partial charge in [0.1, 0.15) is 0 Å². The first-order valence-corrected chi connectivity index (χ1v) is 10.5. The summed E-state index contributed by atoms with van der Waals surface area (Å²) in [6.07, 6.45) is 0.290. The second-order valence-corrected chi connectivity index (χ2v) is 8.15. The molecule has 172 valence electrons. The Morgan fingerprint density at radius 2 is 1.74 bits per heavy atom. The van der Waals surface area contributed by atoms with Crippen LogP contribution in [0.15, 0.2) is 54.6 Å². The SMILES string of the molecule is CC(C)c1ccc(C(N)CNC(=O)CC2CN(Cc3ccccc3)CCO2)cc1.Cl.Cl. The molecular formula is C24H35Cl2N3O2. The van der Waals surface area contributed by atoms with Gasteiger partial charge in [-0.05, 0) is 22.6 Å². The number of hydrogen-bond acceptors (Lipinski definition) is 4. The first-order chi connectivity index (χ1) is 14.0. The number of halogens is 2. The molecule has 2 atom stereocenters. The number of nitrogens with zero attached hydrogens (tertiary/aromatic N) is 1. The number of carbonyl (C=O) groups excluding carboxylic acids is 1. The van der Waals surface area contributed by atoms with Gasteiger partial charge >= 0.3 is 0 Å². The molecule has 1 saturated heterocycles. The minimum atomic E-state index is -0.206. The number of amides is 1. The summed E-state index contributed by atoms with van der Waals surface area (Å²) >= 11 is 0. The van der Waals surface area contributed by atoms with Crippen LogP contribution < -0.4 is 11.1 Å². The Bertz CT molecular complexity index is 772. The Morgan fingerprint density at radius 3 is 2.39 bits per heavy atom. The van der Waals surface area contributed by atoms with Crippen molar-refractivity contribution in [2.24, 2.45) is 5.73 Å². The van der Waals surface area contributed by atoms with E-state index < -0.39 is 0 Å². The number of rotatable bonds is 8. The number of carbonyl (C=O) groups is 1. The van der Waals surface area contributed by atoms with E-state index in [4.69, 9.17) is 10.5 Å². The van der Waals surface area contributed by atoms with Gasteiger partial charge in [-0.1, -0.05) is 68.4 Å². The van der Waals surface area contributed by atoms with Crippen LogP contribution in [-0.2, 0) is 16.1 Å². The molecule has 7 heteroatoms. The second kappa shape index (κ2) is 13.7. The third kappa shape index (κ3) is 8.79. The van der Waals surface area contributed by atoms with E-state index in [-0.39, 0.29) is 42.9 Å². The van der Waals surface area contributed by atoms with Crippen LogP contribution in [0.3, 0.4) is 0 Å². The van der Waals surface area contributed by atoms with Crippen LogP contribution in [0.1, 0.15) is 48.9 Å². The summed E-state index contributed by atoms with van der Waals surface area (Å²) in [6, 6.07) is 18.5. The third-order valence-corrected chi connectivity index (χ3v) is 5.44. The van der Waals surface area contributed by atoms with Crippen LogP contribution >= 0.6 is 24.8 Å². The van der Waals surface area contributed by atoms with Crippen molar-refractivity contribution >= 4 is 30.7 Å². The quantitative estimate of drug-likeness (QED) is 0.613. The Morgan fingerprint density at radius 1 is 1.10 bits per heavy atom. The molecule has 31 heavy (non-hydrogen) atoms. The highest BCUT2D eigenvalue weighted by Crippen LogP contribution is 2.18. The number of nitrogens with one attached hydrogen (secondary N) is 1. The maximum atomic E-state index is 12.4. The van der Waals surface area contributed by atoms with E-state index in [1.807, 2.05) is 6.07 Å². The number of ether oxygens (including phenoxy) is 1. The average molecular weight is 468 g/mol. The van der Waals surface area contributed by atoms with Gasteiger partial charge in [-0.3, -0.25) is 9.69 Å². The maximum Gasteiger partial charge on any atom is 0.222 e. The Hall–Kier alpha value is -1.63. The average Bonchev–Trinajstić information content (AvgIpc) is 2.73. The number of morpholine rings is 1. The first kappa shape index (κ1) is 27.4. The lowest BCUT2D eigenvalue weighted by Gasteiger charge is -2.32. The molecular weight excluding hydrogens is 433 g/mol. The highest BCUT2D eigenvalue weighted by molar-refractivity contribution is 5.85. The first-order valence-electron chi connectivity index (χ1n) is 10.5. The number of nitrogens with two attached hydrogens (primary N) is 1. The van der Waals surface area contributed by atoms with E-state index in [0.717, 1.165) is 25.2 Å². The third-order valence-electron chi connectivity index (χ3n) is 5.44. The van der Waals surface area contributed by atoms with Crippen molar-refractivity contribution in [2.45, 2.75) is 44.9 Å². The van der Waals surface area contributed by atoms with Crippen LogP contribution in [0.25, 0.3) is 0 Å². The predicted octanol–water partition coefficient (Wildman–Crippen LogP) is 4.06. The zero-order chi connectivity index (χ0) is 20.6. The van der Waals surface area contributed by atoms with Crippen LogP contribution in [0.5, 0.6) is 0 Å². The molecule has 1 amide bonds. The highest BCUT2D eigenvalue weighted by atomic mass is 35.5. The number of benzene rings is 2. The van der Waals surface area contributed by atoms with Crippen LogP contribution in [0.4, 0.5) is 0 Å². The summed E-state index contributed by atoms with van der Waals surface area (Å²) in [4.78, 5) is 14.7. The van der Waals surface area contributed by atoms with Gasteiger partial charge in [0.25, 0.3) is 0 Å². The van der Waals surface area contributed by atoms with Crippen molar-refractivity contribution in [3.63, 3.8) is 0 Å². The lowest BCUT2D eigenvalue weighted by molar-refractivity contribution is -0.126. The smallest absolute Gasteiger partial charge is 0.222 e. The van der Waals surface area contributed by atoms with Gasteiger partial charge < -0.3 is 15.8 Å². The second-order valence-electron chi connectivity index (χ2n) is 8.15.